The quantitative estimate of drug-likeness (QED) is 0.188. The lowest BCUT2D eigenvalue weighted by molar-refractivity contribution is -0.138. The minimum Gasteiger partial charge on any atom is -0.481 e. The molecule has 0 radical (unpaired) electrons. The summed E-state index contributed by atoms with van der Waals surface area (Å²) in [5.74, 6) is -2.14. The summed E-state index contributed by atoms with van der Waals surface area (Å²) in [4.78, 5) is 35.4. The van der Waals surface area contributed by atoms with Crippen molar-refractivity contribution in [2.75, 3.05) is 13.1 Å². The molecular formula is C24H40N4O7S. The van der Waals surface area contributed by atoms with Crippen LogP contribution in [0.25, 0.3) is 0 Å². The molecular weight excluding hydrogens is 488 g/mol. The van der Waals surface area contributed by atoms with Crippen molar-refractivity contribution in [3.05, 3.63) is 35.9 Å². The summed E-state index contributed by atoms with van der Waals surface area (Å²) < 4.78 is 30.4. The zero-order chi connectivity index (χ0) is 27.5. The lowest BCUT2D eigenvalue weighted by atomic mass is 10.0. The number of benzene rings is 1. The van der Waals surface area contributed by atoms with E-state index in [0.29, 0.717) is 5.56 Å². The van der Waals surface area contributed by atoms with Crippen LogP contribution in [0.4, 0.5) is 0 Å². The highest BCUT2D eigenvalue weighted by Crippen LogP contribution is 2.23. The molecule has 1 aromatic rings. The van der Waals surface area contributed by atoms with Crippen LogP contribution in [0.3, 0.4) is 0 Å². The number of nitrogens with one attached hydrogen (secondary N) is 2. The van der Waals surface area contributed by atoms with Gasteiger partial charge in [0.2, 0.25) is 5.91 Å². The average molecular weight is 529 g/mol. The Morgan fingerprint density at radius 2 is 1.69 bits per heavy atom. The Morgan fingerprint density at radius 3 is 2.22 bits per heavy atom. The Bertz CT molecular complexity index is 968. The summed E-state index contributed by atoms with van der Waals surface area (Å²) in [7, 11) is -4.28. The first-order valence-corrected chi connectivity index (χ1v) is 13.4. The van der Waals surface area contributed by atoms with E-state index >= 15 is 0 Å². The highest BCUT2D eigenvalue weighted by molar-refractivity contribution is 7.87. The minimum absolute atomic E-state index is 0.0204. The van der Waals surface area contributed by atoms with E-state index in [4.69, 9.17) is 10.8 Å². The van der Waals surface area contributed by atoms with Gasteiger partial charge in [0.15, 0.2) is 0 Å². The number of hydrogen-bond acceptors (Lipinski definition) is 7. The first kappa shape index (κ1) is 31.6. The van der Waals surface area contributed by atoms with Gasteiger partial charge in [-0.25, -0.2) is 0 Å². The standard InChI is InChI=1S/C24H40N4O7S/c1-17(2)16-28(36(34,35)27-24(3,4)14-23(32)33)21(26-22(31)13-10-19(29)15-25)12-11-20(30)18-8-6-5-7-9-18/h5-9,17,20-21,27,30H,10-16,25H2,1-4H3,(H,26,31)(H,32,33). The maximum Gasteiger partial charge on any atom is 0.305 e. The number of ketones is 1. The van der Waals surface area contributed by atoms with Crippen LogP contribution in [0, 0.1) is 5.92 Å². The van der Waals surface area contributed by atoms with Crippen LogP contribution in [0.2, 0.25) is 0 Å². The predicted octanol–water partition coefficient (Wildman–Crippen LogP) is 1.30. The van der Waals surface area contributed by atoms with E-state index in [2.05, 4.69) is 10.0 Å². The van der Waals surface area contributed by atoms with Crippen molar-refractivity contribution in [1.29, 1.82) is 0 Å². The fourth-order valence-electron chi connectivity index (χ4n) is 3.63. The van der Waals surface area contributed by atoms with Gasteiger partial charge in [-0.1, -0.05) is 44.2 Å². The Balaban J connectivity index is 3.24. The fourth-order valence-corrected chi connectivity index (χ4v) is 5.51. The normalized spacial score (nSPS) is 14.0. The maximum atomic E-state index is 13.5. The van der Waals surface area contributed by atoms with Crippen molar-refractivity contribution >= 4 is 27.9 Å². The number of carboxylic acids is 1. The third-order valence-electron chi connectivity index (χ3n) is 5.28. The van der Waals surface area contributed by atoms with Crippen molar-refractivity contribution in [2.24, 2.45) is 11.7 Å². The zero-order valence-electron chi connectivity index (χ0n) is 21.4. The van der Waals surface area contributed by atoms with Crippen LogP contribution in [-0.4, -0.2) is 65.4 Å². The van der Waals surface area contributed by atoms with Crippen molar-refractivity contribution in [2.45, 2.75) is 77.6 Å². The second-order valence-electron chi connectivity index (χ2n) is 9.85. The second kappa shape index (κ2) is 14.4. The molecule has 12 heteroatoms. The largest absolute Gasteiger partial charge is 0.481 e. The Kier molecular flexibility index (Phi) is 12.6. The molecule has 0 spiro atoms. The summed E-state index contributed by atoms with van der Waals surface area (Å²) >= 11 is 0. The number of hydrogen-bond donors (Lipinski definition) is 5. The molecule has 0 aliphatic carbocycles. The van der Waals surface area contributed by atoms with Crippen molar-refractivity contribution in [1.82, 2.24) is 14.3 Å². The van der Waals surface area contributed by atoms with Crippen LogP contribution in [0.15, 0.2) is 30.3 Å². The number of nitrogens with two attached hydrogens (primary N) is 1. The van der Waals surface area contributed by atoms with Gasteiger partial charge in [0.1, 0.15) is 5.78 Å². The molecule has 1 rings (SSSR count). The zero-order valence-corrected chi connectivity index (χ0v) is 22.3. The third kappa shape index (κ3) is 11.6. The second-order valence-corrected chi connectivity index (χ2v) is 11.5. The van der Waals surface area contributed by atoms with E-state index < -0.39 is 46.3 Å². The van der Waals surface area contributed by atoms with E-state index in [0.717, 1.165) is 4.31 Å². The molecule has 36 heavy (non-hydrogen) atoms. The molecule has 204 valence electrons. The molecule has 2 atom stereocenters. The lowest BCUT2D eigenvalue weighted by Crippen LogP contribution is -2.58. The summed E-state index contributed by atoms with van der Waals surface area (Å²) in [6.07, 6.45) is -2.44. The molecule has 2 unspecified atom stereocenters. The van der Waals surface area contributed by atoms with Crippen LogP contribution in [0.1, 0.15) is 71.5 Å². The number of Topliss-reactive ketones (excluding diaryl/α,β-unsaturated/α-hetero) is 1. The average Bonchev–Trinajstić information content (AvgIpc) is 2.77. The highest BCUT2D eigenvalue weighted by Gasteiger charge is 2.36. The minimum atomic E-state index is -4.28. The molecule has 0 saturated heterocycles. The monoisotopic (exact) mass is 528 g/mol. The molecule has 11 nitrogen and oxygen atoms in total. The highest BCUT2D eigenvalue weighted by atomic mass is 32.2. The van der Waals surface area contributed by atoms with Crippen LogP contribution >= 0.6 is 0 Å². The first-order valence-electron chi connectivity index (χ1n) is 11.9. The molecule has 6 N–H and O–H groups in total. The summed E-state index contributed by atoms with van der Waals surface area (Å²) in [6, 6.07) is 8.85. The van der Waals surface area contributed by atoms with E-state index in [9.17, 15) is 27.9 Å². The van der Waals surface area contributed by atoms with E-state index in [1.807, 2.05) is 19.9 Å². The smallest absolute Gasteiger partial charge is 0.305 e. The molecule has 0 bridgehead atoms. The van der Waals surface area contributed by atoms with Crippen molar-refractivity contribution in [3.63, 3.8) is 0 Å². The number of carboxylic acid groups (broad SMARTS) is 1. The van der Waals surface area contributed by atoms with Gasteiger partial charge in [-0.2, -0.15) is 17.4 Å². The predicted molar refractivity (Wildman–Crippen MR) is 136 cm³/mol. The molecule has 0 heterocycles. The van der Waals surface area contributed by atoms with Gasteiger partial charge in [0.25, 0.3) is 10.2 Å². The van der Waals surface area contributed by atoms with Crippen molar-refractivity contribution in [3.8, 4) is 0 Å². The van der Waals surface area contributed by atoms with E-state index in [1.165, 1.54) is 13.8 Å². The number of amides is 1. The topological polar surface area (TPSA) is 179 Å². The van der Waals surface area contributed by atoms with E-state index in [-0.39, 0.29) is 50.5 Å². The number of aliphatic hydroxyl groups excluding tert-OH is 1. The molecule has 0 aromatic heterocycles. The van der Waals surface area contributed by atoms with Gasteiger partial charge < -0.3 is 21.3 Å². The third-order valence-corrected chi connectivity index (χ3v) is 7.12. The van der Waals surface area contributed by atoms with Crippen LogP contribution in [0.5, 0.6) is 0 Å². The van der Waals surface area contributed by atoms with Gasteiger partial charge in [-0.3, -0.25) is 14.4 Å². The van der Waals surface area contributed by atoms with Crippen LogP contribution < -0.4 is 15.8 Å². The van der Waals surface area contributed by atoms with Crippen molar-refractivity contribution < 1.29 is 33.0 Å². The van der Waals surface area contributed by atoms with Gasteiger partial charge in [-0.05, 0) is 38.2 Å². The molecule has 0 fully saturated rings. The summed E-state index contributed by atoms with van der Waals surface area (Å²) in [5, 5.41) is 22.5. The molecule has 1 aromatic carbocycles. The number of nitrogens with zero attached hydrogens (tertiary/aromatic N) is 1. The van der Waals surface area contributed by atoms with Crippen LogP contribution in [-0.2, 0) is 24.6 Å². The van der Waals surface area contributed by atoms with Gasteiger partial charge in [-0.15, -0.1) is 0 Å². The van der Waals surface area contributed by atoms with Gasteiger partial charge >= 0.3 is 5.97 Å². The Hall–Kier alpha value is -2.38. The molecule has 0 saturated carbocycles. The maximum absolute atomic E-state index is 13.5. The number of aliphatic carboxylic acids is 1. The summed E-state index contributed by atoms with van der Waals surface area (Å²) in [6.45, 7) is 6.35. The SMILES string of the molecule is CC(C)CN(C(CCC(O)c1ccccc1)NC(=O)CCC(=O)CN)S(=O)(=O)NC(C)(C)CC(=O)O. The fraction of sp³-hybridized carbons (Fsp3) is 0.625. The van der Waals surface area contributed by atoms with Gasteiger partial charge in [0.05, 0.1) is 25.2 Å². The summed E-state index contributed by atoms with van der Waals surface area (Å²) in [5.41, 5.74) is 4.65. The number of carbonyl (C=O) groups excluding carboxylic acids is 2. The van der Waals surface area contributed by atoms with Gasteiger partial charge in [0, 0.05) is 24.9 Å². The number of rotatable bonds is 17. The number of carbonyl (C=O) groups is 3. The lowest BCUT2D eigenvalue weighted by Gasteiger charge is -2.36. The van der Waals surface area contributed by atoms with E-state index in [1.54, 1.807) is 24.3 Å². The molecule has 0 aliphatic heterocycles. The first-order chi connectivity index (χ1) is 16.7. The number of aliphatic hydroxyl groups is 1. The molecule has 1 amide bonds. The molecule has 0 aliphatic rings. The Morgan fingerprint density at radius 1 is 1.08 bits per heavy atom. The Labute approximate surface area is 213 Å².